The van der Waals surface area contributed by atoms with E-state index in [1.807, 2.05) is 0 Å². The number of halogens is 4. The highest BCUT2D eigenvalue weighted by molar-refractivity contribution is 5.25. The summed E-state index contributed by atoms with van der Waals surface area (Å²) in [4.78, 5) is 0. The largest absolute Gasteiger partial charge is 0.416 e. The molecule has 5 heteroatoms. The molecular formula is C13H15F4N. The van der Waals surface area contributed by atoms with Gasteiger partial charge in [-0.3, -0.25) is 0 Å². The van der Waals surface area contributed by atoms with Crippen molar-refractivity contribution < 1.29 is 17.6 Å². The van der Waals surface area contributed by atoms with E-state index in [2.05, 4.69) is 5.32 Å². The van der Waals surface area contributed by atoms with Crippen LogP contribution in [0.1, 0.15) is 24.0 Å². The van der Waals surface area contributed by atoms with Gasteiger partial charge in [-0.15, -0.1) is 0 Å². The van der Waals surface area contributed by atoms with Crippen LogP contribution in [-0.4, -0.2) is 18.8 Å². The van der Waals surface area contributed by atoms with Crippen molar-refractivity contribution in [2.45, 2.75) is 37.7 Å². The topological polar surface area (TPSA) is 12.0 Å². The number of nitrogens with one attached hydrogen (secondary N) is 1. The van der Waals surface area contributed by atoms with Crippen LogP contribution in [-0.2, 0) is 12.6 Å². The second-order valence-electron chi connectivity index (χ2n) is 4.62. The maximum atomic E-state index is 13.8. The molecule has 2 unspecified atom stereocenters. The lowest BCUT2D eigenvalue weighted by atomic mass is 10.0. The van der Waals surface area contributed by atoms with E-state index < -0.39 is 17.9 Å². The van der Waals surface area contributed by atoms with Gasteiger partial charge in [-0.25, -0.2) is 4.39 Å². The lowest BCUT2D eigenvalue weighted by Crippen LogP contribution is -2.33. The minimum Gasteiger partial charge on any atom is -0.311 e. The van der Waals surface area contributed by atoms with E-state index >= 15 is 0 Å². The minimum atomic E-state index is -4.33. The van der Waals surface area contributed by atoms with Gasteiger partial charge in [0.1, 0.15) is 6.17 Å². The van der Waals surface area contributed by atoms with Crippen LogP contribution in [0.5, 0.6) is 0 Å². The van der Waals surface area contributed by atoms with E-state index in [-0.39, 0.29) is 12.5 Å². The number of rotatable bonds is 3. The van der Waals surface area contributed by atoms with Gasteiger partial charge in [0, 0.05) is 12.5 Å². The molecule has 18 heavy (non-hydrogen) atoms. The third kappa shape index (κ3) is 3.22. The quantitative estimate of drug-likeness (QED) is 0.823. The maximum Gasteiger partial charge on any atom is 0.416 e. The monoisotopic (exact) mass is 261 g/mol. The van der Waals surface area contributed by atoms with Crippen molar-refractivity contribution in [2.24, 2.45) is 0 Å². The molecule has 1 aliphatic rings. The van der Waals surface area contributed by atoms with Gasteiger partial charge in [0.25, 0.3) is 0 Å². The Labute approximate surface area is 103 Å². The minimum absolute atomic E-state index is 0.160. The van der Waals surface area contributed by atoms with Crippen LogP contribution >= 0.6 is 0 Å². The van der Waals surface area contributed by atoms with E-state index in [0.717, 1.165) is 31.5 Å². The standard InChI is InChI=1S/C13H15F4N/c14-11(12-2-1-7-18-12)8-9-3-5-10(6-4-9)13(15,16)17/h3-6,11-12,18H,1-2,7-8H2. The Morgan fingerprint density at radius 1 is 1.22 bits per heavy atom. The molecule has 0 radical (unpaired) electrons. The van der Waals surface area contributed by atoms with Crippen LogP contribution in [0.4, 0.5) is 17.6 Å². The van der Waals surface area contributed by atoms with Gasteiger partial charge in [0.05, 0.1) is 5.56 Å². The highest BCUT2D eigenvalue weighted by Gasteiger charge is 2.30. The lowest BCUT2D eigenvalue weighted by molar-refractivity contribution is -0.137. The molecule has 1 aliphatic heterocycles. The molecule has 1 saturated heterocycles. The van der Waals surface area contributed by atoms with Gasteiger partial charge in [-0.05, 0) is 37.1 Å². The first kappa shape index (κ1) is 13.3. The predicted molar refractivity (Wildman–Crippen MR) is 61.1 cm³/mol. The summed E-state index contributed by atoms with van der Waals surface area (Å²) in [5.41, 5.74) is -0.0927. The lowest BCUT2D eigenvalue weighted by Gasteiger charge is -2.16. The fraction of sp³-hybridized carbons (Fsp3) is 0.538. The van der Waals surface area contributed by atoms with E-state index in [4.69, 9.17) is 0 Å². The highest BCUT2D eigenvalue weighted by Crippen LogP contribution is 2.29. The SMILES string of the molecule is FC(Cc1ccc(C(F)(F)F)cc1)C1CCCN1. The maximum absolute atomic E-state index is 13.8. The summed E-state index contributed by atoms with van der Waals surface area (Å²) in [5.74, 6) is 0. The zero-order valence-electron chi connectivity index (χ0n) is 9.80. The Balaban J connectivity index is 1.97. The molecule has 0 amide bonds. The molecule has 100 valence electrons. The molecule has 1 heterocycles. The third-order valence-electron chi connectivity index (χ3n) is 3.25. The van der Waals surface area contributed by atoms with Crippen molar-refractivity contribution >= 4 is 0 Å². The van der Waals surface area contributed by atoms with Crippen molar-refractivity contribution in [1.29, 1.82) is 0 Å². The van der Waals surface area contributed by atoms with Crippen LogP contribution < -0.4 is 5.32 Å². The van der Waals surface area contributed by atoms with E-state index in [1.54, 1.807) is 0 Å². The summed E-state index contributed by atoms with van der Waals surface area (Å²) in [5, 5.41) is 3.06. The van der Waals surface area contributed by atoms with Crippen LogP contribution in [0, 0.1) is 0 Å². The summed E-state index contributed by atoms with van der Waals surface area (Å²) in [6, 6.07) is 4.55. The first-order valence-corrected chi connectivity index (χ1v) is 6.00. The number of hydrogen-bond acceptors (Lipinski definition) is 1. The van der Waals surface area contributed by atoms with Gasteiger partial charge in [-0.2, -0.15) is 13.2 Å². The van der Waals surface area contributed by atoms with Crippen LogP contribution in [0.2, 0.25) is 0 Å². The normalized spacial score (nSPS) is 22.1. The molecule has 1 N–H and O–H groups in total. The predicted octanol–water partition coefficient (Wildman–Crippen LogP) is 3.34. The van der Waals surface area contributed by atoms with E-state index in [1.165, 1.54) is 12.1 Å². The van der Waals surface area contributed by atoms with Crippen LogP contribution in [0.15, 0.2) is 24.3 Å². The van der Waals surface area contributed by atoms with E-state index in [9.17, 15) is 17.6 Å². The first-order chi connectivity index (χ1) is 8.47. The van der Waals surface area contributed by atoms with Gasteiger partial charge < -0.3 is 5.32 Å². The molecule has 1 aromatic carbocycles. The summed E-state index contributed by atoms with van der Waals surface area (Å²) >= 11 is 0. The molecular weight excluding hydrogens is 246 g/mol. The fourth-order valence-corrected chi connectivity index (χ4v) is 2.22. The molecule has 0 spiro atoms. The zero-order chi connectivity index (χ0) is 13.2. The van der Waals surface area contributed by atoms with Crippen molar-refractivity contribution in [3.05, 3.63) is 35.4 Å². The summed E-state index contributed by atoms with van der Waals surface area (Å²) in [6.07, 6.45) is -3.46. The Morgan fingerprint density at radius 2 is 1.89 bits per heavy atom. The van der Waals surface area contributed by atoms with Gasteiger partial charge in [0.15, 0.2) is 0 Å². The average Bonchev–Trinajstić information content (AvgIpc) is 2.82. The Morgan fingerprint density at radius 3 is 2.39 bits per heavy atom. The fourth-order valence-electron chi connectivity index (χ4n) is 2.22. The molecule has 0 aliphatic carbocycles. The zero-order valence-corrected chi connectivity index (χ0v) is 9.80. The van der Waals surface area contributed by atoms with Gasteiger partial charge >= 0.3 is 6.18 Å². The van der Waals surface area contributed by atoms with Gasteiger partial charge in [-0.1, -0.05) is 12.1 Å². The molecule has 1 nitrogen and oxygen atoms in total. The van der Waals surface area contributed by atoms with Crippen LogP contribution in [0.25, 0.3) is 0 Å². The van der Waals surface area contributed by atoms with Crippen molar-refractivity contribution in [1.82, 2.24) is 5.32 Å². The average molecular weight is 261 g/mol. The number of benzene rings is 1. The smallest absolute Gasteiger partial charge is 0.311 e. The molecule has 1 aromatic rings. The third-order valence-corrected chi connectivity index (χ3v) is 3.25. The molecule has 0 aromatic heterocycles. The highest BCUT2D eigenvalue weighted by atomic mass is 19.4. The summed E-state index contributed by atoms with van der Waals surface area (Å²) in [6.45, 7) is 0.818. The van der Waals surface area contributed by atoms with Crippen molar-refractivity contribution in [3.8, 4) is 0 Å². The molecule has 0 saturated carbocycles. The summed E-state index contributed by atoms with van der Waals surface area (Å²) < 4.78 is 50.9. The Bertz CT molecular complexity index is 379. The number of alkyl halides is 4. The van der Waals surface area contributed by atoms with Gasteiger partial charge in [0.2, 0.25) is 0 Å². The summed E-state index contributed by atoms with van der Waals surface area (Å²) in [7, 11) is 0. The van der Waals surface area contributed by atoms with Crippen LogP contribution in [0.3, 0.4) is 0 Å². The second-order valence-corrected chi connectivity index (χ2v) is 4.62. The number of hydrogen-bond donors (Lipinski definition) is 1. The second kappa shape index (κ2) is 5.26. The molecule has 1 fully saturated rings. The van der Waals surface area contributed by atoms with Crippen molar-refractivity contribution in [3.63, 3.8) is 0 Å². The molecule has 0 bridgehead atoms. The molecule has 2 atom stereocenters. The van der Waals surface area contributed by atoms with E-state index in [0.29, 0.717) is 5.56 Å². The Kier molecular flexibility index (Phi) is 3.90. The first-order valence-electron chi connectivity index (χ1n) is 6.00. The molecule has 2 rings (SSSR count). The van der Waals surface area contributed by atoms with Crippen molar-refractivity contribution in [2.75, 3.05) is 6.54 Å². The Hall–Kier alpha value is -1.10.